The number of aliphatic imine (C=N–C) groups is 1. The summed E-state index contributed by atoms with van der Waals surface area (Å²) < 4.78 is 10.5. The molecule has 26 heavy (non-hydrogen) atoms. The Kier molecular flexibility index (Phi) is 8.92. The monoisotopic (exact) mass is 361 g/mol. The van der Waals surface area contributed by atoms with Crippen molar-refractivity contribution in [2.75, 3.05) is 33.9 Å². The van der Waals surface area contributed by atoms with Crippen molar-refractivity contribution >= 4 is 5.96 Å². The number of nitrogens with zero attached hydrogens (tertiary/aromatic N) is 1. The van der Waals surface area contributed by atoms with Crippen molar-refractivity contribution in [3.05, 3.63) is 35.4 Å². The summed E-state index contributed by atoms with van der Waals surface area (Å²) in [6.45, 7) is 6.10. The summed E-state index contributed by atoms with van der Waals surface area (Å²) >= 11 is 0. The summed E-state index contributed by atoms with van der Waals surface area (Å²) in [4.78, 5) is 4.76. The molecule has 1 aliphatic rings. The fourth-order valence-corrected chi connectivity index (χ4v) is 3.65. The van der Waals surface area contributed by atoms with Crippen LogP contribution in [0.25, 0.3) is 0 Å². The van der Waals surface area contributed by atoms with E-state index in [0.717, 1.165) is 32.1 Å². The quantitative estimate of drug-likeness (QED) is 0.495. The summed E-state index contributed by atoms with van der Waals surface area (Å²) in [5.74, 6) is 0.900. The van der Waals surface area contributed by atoms with E-state index in [-0.39, 0.29) is 0 Å². The maximum Gasteiger partial charge on any atom is 0.191 e. The zero-order chi connectivity index (χ0) is 18.7. The normalized spacial score (nSPS) is 16.7. The predicted octanol–water partition coefficient (Wildman–Crippen LogP) is 3.49. The molecule has 0 unspecified atom stereocenters. The number of ether oxygens (including phenoxy) is 2. The molecule has 1 saturated carbocycles. The van der Waals surface area contributed by atoms with Crippen molar-refractivity contribution in [2.45, 2.75) is 52.2 Å². The van der Waals surface area contributed by atoms with Crippen LogP contribution in [0.2, 0.25) is 0 Å². The van der Waals surface area contributed by atoms with Crippen LogP contribution in [-0.4, -0.2) is 39.9 Å². The molecular formula is C21H35N3O2. The van der Waals surface area contributed by atoms with Gasteiger partial charge in [0.1, 0.15) is 0 Å². The van der Waals surface area contributed by atoms with E-state index >= 15 is 0 Å². The lowest BCUT2D eigenvalue weighted by Gasteiger charge is -2.30. The Bertz CT molecular complexity index is 537. The first-order valence-corrected chi connectivity index (χ1v) is 9.79. The van der Waals surface area contributed by atoms with Crippen molar-refractivity contribution in [1.29, 1.82) is 0 Å². The highest BCUT2D eigenvalue weighted by atomic mass is 16.5. The summed E-state index contributed by atoms with van der Waals surface area (Å²) in [5, 5.41) is 6.95. The molecule has 0 amide bonds. The molecule has 0 spiro atoms. The molecule has 0 aromatic heterocycles. The Morgan fingerprint density at radius 2 is 1.73 bits per heavy atom. The largest absolute Gasteiger partial charge is 0.385 e. The van der Waals surface area contributed by atoms with Crippen LogP contribution < -0.4 is 10.6 Å². The van der Waals surface area contributed by atoms with Crippen LogP contribution in [0.1, 0.15) is 50.2 Å². The molecule has 1 fully saturated rings. The van der Waals surface area contributed by atoms with Crippen LogP contribution in [0.3, 0.4) is 0 Å². The van der Waals surface area contributed by atoms with Crippen molar-refractivity contribution in [3.63, 3.8) is 0 Å². The van der Waals surface area contributed by atoms with Gasteiger partial charge < -0.3 is 20.1 Å². The van der Waals surface area contributed by atoms with Crippen LogP contribution >= 0.6 is 0 Å². The molecule has 5 heteroatoms. The second-order valence-electron chi connectivity index (χ2n) is 7.25. The van der Waals surface area contributed by atoms with Gasteiger partial charge >= 0.3 is 0 Å². The Morgan fingerprint density at radius 3 is 2.35 bits per heavy atom. The molecule has 5 nitrogen and oxygen atoms in total. The van der Waals surface area contributed by atoms with Gasteiger partial charge in [-0.1, -0.05) is 37.1 Å². The topological polar surface area (TPSA) is 54.9 Å². The fourth-order valence-electron chi connectivity index (χ4n) is 3.65. The zero-order valence-corrected chi connectivity index (χ0v) is 16.6. The van der Waals surface area contributed by atoms with Crippen LogP contribution in [0.15, 0.2) is 29.3 Å². The summed E-state index contributed by atoms with van der Waals surface area (Å²) in [5.41, 5.74) is 2.75. The molecule has 0 saturated heterocycles. The molecule has 0 aliphatic heterocycles. The Balaban J connectivity index is 1.92. The number of hydrogen-bond acceptors (Lipinski definition) is 3. The molecule has 0 bridgehead atoms. The number of hydrogen-bond donors (Lipinski definition) is 2. The van der Waals surface area contributed by atoms with Crippen LogP contribution in [0.5, 0.6) is 0 Å². The highest BCUT2D eigenvalue weighted by molar-refractivity contribution is 5.79. The highest BCUT2D eigenvalue weighted by Crippen LogP contribution is 2.40. The first-order chi connectivity index (χ1) is 12.7. The average molecular weight is 362 g/mol. The lowest BCUT2D eigenvalue weighted by Crippen LogP contribution is -2.43. The molecule has 1 aromatic carbocycles. The van der Waals surface area contributed by atoms with E-state index in [1.807, 2.05) is 0 Å². The van der Waals surface area contributed by atoms with Gasteiger partial charge in [-0.25, -0.2) is 4.99 Å². The van der Waals surface area contributed by atoms with Crippen molar-refractivity contribution in [2.24, 2.45) is 10.4 Å². The van der Waals surface area contributed by atoms with Gasteiger partial charge in [0.15, 0.2) is 5.96 Å². The van der Waals surface area contributed by atoms with Crippen molar-refractivity contribution in [3.8, 4) is 0 Å². The van der Waals surface area contributed by atoms with E-state index in [4.69, 9.17) is 14.5 Å². The lowest BCUT2D eigenvalue weighted by atomic mass is 9.83. The fraction of sp³-hybridized carbons (Fsp3) is 0.667. The second-order valence-corrected chi connectivity index (χ2v) is 7.25. The third-order valence-corrected chi connectivity index (χ3v) is 5.23. The predicted molar refractivity (Wildman–Crippen MR) is 107 cm³/mol. The smallest absolute Gasteiger partial charge is 0.191 e. The van der Waals surface area contributed by atoms with Gasteiger partial charge in [0.25, 0.3) is 0 Å². The van der Waals surface area contributed by atoms with Crippen LogP contribution in [-0.2, 0) is 22.6 Å². The number of methoxy groups -OCH3 is 2. The van der Waals surface area contributed by atoms with E-state index in [0.29, 0.717) is 18.6 Å². The molecule has 1 aliphatic carbocycles. The molecule has 1 aromatic rings. The van der Waals surface area contributed by atoms with E-state index in [1.54, 1.807) is 14.2 Å². The Morgan fingerprint density at radius 1 is 1.04 bits per heavy atom. The van der Waals surface area contributed by atoms with Gasteiger partial charge in [0.05, 0.1) is 13.2 Å². The molecule has 0 heterocycles. The summed E-state index contributed by atoms with van der Waals surface area (Å²) in [6, 6.07) is 8.46. The number of nitrogens with one attached hydrogen (secondary N) is 2. The molecule has 2 N–H and O–H groups in total. The van der Waals surface area contributed by atoms with Gasteiger partial charge in [-0.2, -0.15) is 0 Å². The third kappa shape index (κ3) is 6.61. The van der Waals surface area contributed by atoms with Gasteiger partial charge in [-0.3, -0.25) is 0 Å². The first kappa shape index (κ1) is 20.7. The van der Waals surface area contributed by atoms with Crippen molar-refractivity contribution in [1.82, 2.24) is 10.6 Å². The van der Waals surface area contributed by atoms with Crippen LogP contribution in [0, 0.1) is 5.41 Å². The minimum absolute atomic E-state index is 0.355. The molecule has 2 rings (SSSR count). The number of guanidine groups is 1. The van der Waals surface area contributed by atoms with E-state index in [1.165, 1.54) is 36.8 Å². The highest BCUT2D eigenvalue weighted by Gasteiger charge is 2.33. The second kappa shape index (κ2) is 11.2. The van der Waals surface area contributed by atoms with E-state index < -0.39 is 0 Å². The molecule has 0 radical (unpaired) electrons. The average Bonchev–Trinajstić information content (AvgIpc) is 3.13. The maximum atomic E-state index is 5.33. The number of rotatable bonds is 10. The molecule has 0 atom stereocenters. The SMILES string of the molecule is CCNC(=NCc1ccc(COC)cc1)NCC1(CCOC)CCCC1. The first-order valence-electron chi connectivity index (χ1n) is 9.79. The van der Waals surface area contributed by atoms with Gasteiger partial charge in [0, 0.05) is 33.9 Å². The molecule has 146 valence electrons. The Labute approximate surface area is 158 Å². The van der Waals surface area contributed by atoms with Crippen LogP contribution in [0.4, 0.5) is 0 Å². The Hall–Kier alpha value is -1.59. The lowest BCUT2D eigenvalue weighted by molar-refractivity contribution is 0.138. The third-order valence-electron chi connectivity index (χ3n) is 5.23. The van der Waals surface area contributed by atoms with E-state index in [9.17, 15) is 0 Å². The van der Waals surface area contributed by atoms with E-state index in [2.05, 4.69) is 41.8 Å². The standard InChI is InChI=1S/C21H35N3O2/c1-4-22-20(23-15-18-7-9-19(10-8-18)16-26-3)24-17-21(13-14-25-2)11-5-6-12-21/h7-10H,4-6,11-17H2,1-3H3,(H2,22,23,24). The minimum atomic E-state index is 0.355. The zero-order valence-electron chi connectivity index (χ0n) is 16.6. The van der Waals surface area contributed by atoms with Gasteiger partial charge in [-0.15, -0.1) is 0 Å². The minimum Gasteiger partial charge on any atom is -0.385 e. The summed E-state index contributed by atoms with van der Waals surface area (Å²) in [7, 11) is 3.51. The molecular weight excluding hydrogens is 326 g/mol. The van der Waals surface area contributed by atoms with Crippen molar-refractivity contribution < 1.29 is 9.47 Å². The van der Waals surface area contributed by atoms with Gasteiger partial charge in [0.2, 0.25) is 0 Å². The summed E-state index contributed by atoms with van der Waals surface area (Å²) in [6.07, 6.45) is 6.34. The van der Waals surface area contributed by atoms with Gasteiger partial charge in [-0.05, 0) is 42.7 Å². The number of benzene rings is 1. The maximum absolute atomic E-state index is 5.33.